The van der Waals surface area contributed by atoms with E-state index >= 15 is 0 Å². The lowest BCUT2D eigenvalue weighted by atomic mass is 9.76. The normalized spacial score (nSPS) is 39.9. The van der Waals surface area contributed by atoms with Crippen molar-refractivity contribution in [2.45, 2.75) is 45.8 Å². The average Bonchev–Trinajstić information content (AvgIpc) is 1.93. The largest absolute Gasteiger partial charge is 0.360 e. The van der Waals surface area contributed by atoms with Gasteiger partial charge in [0.1, 0.15) is 5.72 Å². The molecular weight excluding hydrogens is 162 g/mol. The number of hydrogen-bond donors (Lipinski definition) is 1. The summed E-state index contributed by atoms with van der Waals surface area (Å²) < 4.78 is 5.97. The van der Waals surface area contributed by atoms with Crippen LogP contribution in [0.4, 0.5) is 0 Å². The van der Waals surface area contributed by atoms with E-state index in [9.17, 15) is 0 Å². The number of ether oxygens (including phenoxy) is 1. The molecule has 2 nitrogen and oxygen atoms in total. The third kappa shape index (κ3) is 1.75. The van der Waals surface area contributed by atoms with Gasteiger partial charge in [0, 0.05) is 17.9 Å². The van der Waals surface area contributed by atoms with Crippen molar-refractivity contribution in [3.63, 3.8) is 0 Å². The second kappa shape index (κ2) is 2.96. The molecule has 0 bridgehead atoms. The van der Waals surface area contributed by atoms with Crippen molar-refractivity contribution in [2.24, 2.45) is 11.3 Å². The summed E-state index contributed by atoms with van der Waals surface area (Å²) in [7, 11) is 0. The Balaban J connectivity index is 1.95. The highest BCUT2D eigenvalue weighted by Gasteiger charge is 2.43. The summed E-state index contributed by atoms with van der Waals surface area (Å²) in [6.45, 7) is 8.69. The second-order valence-corrected chi connectivity index (χ2v) is 5.54. The van der Waals surface area contributed by atoms with Crippen LogP contribution in [0.1, 0.15) is 40.0 Å². The van der Waals surface area contributed by atoms with Gasteiger partial charge >= 0.3 is 0 Å². The van der Waals surface area contributed by atoms with Gasteiger partial charge in [-0.25, -0.2) is 0 Å². The quantitative estimate of drug-likeness (QED) is 0.672. The smallest absolute Gasteiger partial charge is 0.119 e. The minimum absolute atomic E-state index is 0.0201. The van der Waals surface area contributed by atoms with Crippen molar-refractivity contribution in [1.82, 2.24) is 5.32 Å². The molecule has 1 atom stereocenters. The molecule has 1 aliphatic carbocycles. The van der Waals surface area contributed by atoms with Crippen molar-refractivity contribution in [1.29, 1.82) is 0 Å². The van der Waals surface area contributed by atoms with Gasteiger partial charge in [-0.15, -0.1) is 0 Å². The van der Waals surface area contributed by atoms with Gasteiger partial charge in [-0.1, -0.05) is 20.3 Å². The van der Waals surface area contributed by atoms with Crippen LogP contribution in [-0.4, -0.2) is 18.9 Å². The first-order valence-corrected chi connectivity index (χ1v) is 5.41. The summed E-state index contributed by atoms with van der Waals surface area (Å²) in [5.41, 5.74) is 0.289. The van der Waals surface area contributed by atoms with Gasteiger partial charge in [0.05, 0.1) is 6.61 Å². The summed E-state index contributed by atoms with van der Waals surface area (Å²) >= 11 is 0. The molecule has 2 aliphatic rings. The van der Waals surface area contributed by atoms with E-state index in [1.807, 2.05) is 0 Å². The van der Waals surface area contributed by atoms with Crippen LogP contribution < -0.4 is 5.32 Å². The zero-order valence-electron chi connectivity index (χ0n) is 9.02. The molecule has 1 N–H and O–H groups in total. The third-order valence-electron chi connectivity index (χ3n) is 3.56. The summed E-state index contributed by atoms with van der Waals surface area (Å²) in [6.07, 6.45) is 4.06. The highest BCUT2D eigenvalue weighted by atomic mass is 16.5. The number of rotatable bonds is 1. The van der Waals surface area contributed by atoms with Gasteiger partial charge in [0.2, 0.25) is 0 Å². The van der Waals surface area contributed by atoms with Crippen LogP contribution in [0, 0.1) is 11.3 Å². The van der Waals surface area contributed by atoms with Crippen molar-refractivity contribution < 1.29 is 4.74 Å². The zero-order chi connectivity index (χ0) is 9.53. The monoisotopic (exact) mass is 183 g/mol. The summed E-state index contributed by atoms with van der Waals surface area (Å²) in [5, 5.41) is 3.57. The van der Waals surface area contributed by atoms with Gasteiger partial charge in [-0.05, 0) is 19.8 Å². The molecular formula is C11H21NO. The molecule has 0 aromatic carbocycles. The Morgan fingerprint density at radius 2 is 1.92 bits per heavy atom. The lowest BCUT2D eigenvalue weighted by molar-refractivity contribution is -0.171. The Labute approximate surface area is 81.0 Å². The Hall–Kier alpha value is -0.0800. The summed E-state index contributed by atoms with van der Waals surface area (Å²) in [5.74, 6) is 0.753. The third-order valence-corrected chi connectivity index (χ3v) is 3.56. The van der Waals surface area contributed by atoms with E-state index in [-0.39, 0.29) is 5.72 Å². The maximum absolute atomic E-state index is 5.97. The zero-order valence-corrected chi connectivity index (χ0v) is 9.02. The fourth-order valence-electron chi connectivity index (χ4n) is 2.08. The van der Waals surface area contributed by atoms with E-state index in [4.69, 9.17) is 4.74 Å². The molecule has 0 aromatic rings. The van der Waals surface area contributed by atoms with Crippen LogP contribution in [0.25, 0.3) is 0 Å². The van der Waals surface area contributed by atoms with Crippen molar-refractivity contribution >= 4 is 0 Å². The Morgan fingerprint density at radius 1 is 1.23 bits per heavy atom. The predicted molar refractivity (Wildman–Crippen MR) is 53.5 cm³/mol. The molecule has 0 aromatic heterocycles. The Morgan fingerprint density at radius 3 is 2.31 bits per heavy atom. The molecule has 0 spiro atoms. The van der Waals surface area contributed by atoms with Gasteiger partial charge in [0.25, 0.3) is 0 Å². The lowest BCUT2D eigenvalue weighted by Gasteiger charge is -2.49. The van der Waals surface area contributed by atoms with Gasteiger partial charge < -0.3 is 4.74 Å². The molecule has 0 amide bonds. The van der Waals surface area contributed by atoms with Crippen LogP contribution in [0.5, 0.6) is 0 Å². The first-order valence-electron chi connectivity index (χ1n) is 5.41. The van der Waals surface area contributed by atoms with E-state index < -0.39 is 0 Å². The predicted octanol–water partition coefficient (Wildman–Crippen LogP) is 2.15. The average molecular weight is 183 g/mol. The molecule has 1 saturated heterocycles. The standard InChI is InChI=1S/C11H21NO/c1-10(2)7-12-11(3,13-8-10)9-5-4-6-9/h9,12H,4-8H2,1-3H3. The fraction of sp³-hybridized carbons (Fsp3) is 1.00. The molecule has 2 rings (SSSR count). The summed E-state index contributed by atoms with van der Waals surface area (Å²) in [4.78, 5) is 0. The SMILES string of the molecule is CC1(C)CNC(C)(C2CCC2)OC1. The van der Waals surface area contributed by atoms with Crippen LogP contribution >= 0.6 is 0 Å². The first-order chi connectivity index (χ1) is 6.02. The molecule has 1 heterocycles. The molecule has 2 fully saturated rings. The topological polar surface area (TPSA) is 21.3 Å². The lowest BCUT2D eigenvalue weighted by Crippen LogP contribution is -2.60. The van der Waals surface area contributed by atoms with E-state index in [0.717, 1.165) is 19.1 Å². The highest BCUT2D eigenvalue weighted by molar-refractivity contribution is 4.92. The first kappa shape index (κ1) is 9.47. The fourth-order valence-corrected chi connectivity index (χ4v) is 2.08. The highest BCUT2D eigenvalue weighted by Crippen LogP contribution is 2.39. The van der Waals surface area contributed by atoms with Crippen molar-refractivity contribution in [3.05, 3.63) is 0 Å². The molecule has 1 unspecified atom stereocenters. The van der Waals surface area contributed by atoms with E-state index in [1.165, 1.54) is 19.3 Å². The van der Waals surface area contributed by atoms with Crippen molar-refractivity contribution in [3.8, 4) is 0 Å². The van der Waals surface area contributed by atoms with Crippen LogP contribution in [0.2, 0.25) is 0 Å². The minimum Gasteiger partial charge on any atom is -0.360 e. The van der Waals surface area contributed by atoms with Gasteiger partial charge in [-0.2, -0.15) is 0 Å². The second-order valence-electron chi connectivity index (χ2n) is 5.54. The number of nitrogens with one attached hydrogen (secondary N) is 1. The number of hydrogen-bond acceptors (Lipinski definition) is 2. The van der Waals surface area contributed by atoms with Crippen LogP contribution in [-0.2, 0) is 4.74 Å². The van der Waals surface area contributed by atoms with E-state index in [2.05, 4.69) is 26.1 Å². The molecule has 1 saturated carbocycles. The molecule has 1 aliphatic heterocycles. The molecule has 13 heavy (non-hydrogen) atoms. The summed E-state index contributed by atoms with van der Waals surface area (Å²) in [6, 6.07) is 0. The Bertz CT molecular complexity index is 186. The van der Waals surface area contributed by atoms with E-state index in [0.29, 0.717) is 5.41 Å². The maximum atomic E-state index is 5.97. The van der Waals surface area contributed by atoms with Crippen LogP contribution in [0.3, 0.4) is 0 Å². The molecule has 2 heteroatoms. The Kier molecular flexibility index (Phi) is 2.16. The van der Waals surface area contributed by atoms with Crippen molar-refractivity contribution in [2.75, 3.05) is 13.2 Å². The van der Waals surface area contributed by atoms with E-state index in [1.54, 1.807) is 0 Å². The van der Waals surface area contributed by atoms with Gasteiger partial charge in [-0.3, -0.25) is 5.32 Å². The van der Waals surface area contributed by atoms with Gasteiger partial charge in [0.15, 0.2) is 0 Å². The van der Waals surface area contributed by atoms with Crippen LogP contribution in [0.15, 0.2) is 0 Å². The molecule has 0 radical (unpaired) electrons. The molecule has 76 valence electrons. The minimum atomic E-state index is -0.0201. The maximum Gasteiger partial charge on any atom is 0.119 e.